The van der Waals surface area contributed by atoms with Gasteiger partial charge < -0.3 is 19.8 Å². The van der Waals surface area contributed by atoms with Crippen molar-refractivity contribution >= 4 is 20.9 Å². The molecule has 0 amide bonds. The summed E-state index contributed by atoms with van der Waals surface area (Å²) in [6, 6.07) is 7.27. The molecule has 1 rings (SSSR count). The molecule has 0 heterocycles. The van der Waals surface area contributed by atoms with Gasteiger partial charge in [-0.05, 0) is 13.8 Å². The summed E-state index contributed by atoms with van der Waals surface area (Å²) < 4.78 is 1.64. The predicted molar refractivity (Wildman–Crippen MR) is 47.1 cm³/mol. The fourth-order valence-electron chi connectivity index (χ4n) is 0.404. The second-order valence-electron chi connectivity index (χ2n) is 2.33. The van der Waals surface area contributed by atoms with Gasteiger partial charge in [0.05, 0.1) is 0 Å². The molecule has 0 spiro atoms. The van der Waals surface area contributed by atoms with Crippen molar-refractivity contribution in [2.24, 2.45) is 0 Å². The van der Waals surface area contributed by atoms with Crippen LogP contribution in [0.5, 0.6) is 0 Å². The third-order valence-electron chi connectivity index (χ3n) is 0.753. The fraction of sp³-hybridized carbons (Fsp3) is 0.200. The standard InChI is InChI=1S/C6H4.2C2H4O2.2Cu/c1-2-4-6-5-3-1;2*1-2(3)4;;/h1-2,5-6H;2*1H3,(H,3,4);;/q;;;2*+1/p-2. The van der Waals surface area contributed by atoms with Crippen molar-refractivity contribution in [2.45, 2.75) is 13.8 Å². The van der Waals surface area contributed by atoms with Gasteiger partial charge in [0, 0.05) is 11.9 Å². The summed E-state index contributed by atoms with van der Waals surface area (Å²) in [5.41, 5.74) is 0. The van der Waals surface area contributed by atoms with Crippen molar-refractivity contribution in [2.75, 3.05) is 0 Å². The minimum absolute atomic E-state index is 0.822. The van der Waals surface area contributed by atoms with E-state index in [0.29, 0.717) is 0 Å². The molecular weight excluding hydrogens is 311 g/mol. The molecule has 0 unspecified atom stereocenters. The Labute approximate surface area is 111 Å². The summed E-state index contributed by atoms with van der Waals surface area (Å²) in [4.78, 5) is 17.8. The Kier molecular flexibility index (Phi) is 11.8. The number of hydrogen-bond donors (Lipinski definition) is 0. The molecule has 0 radical (unpaired) electrons. The monoisotopic (exact) mass is 320 g/mol. The van der Waals surface area contributed by atoms with Crippen molar-refractivity contribution in [3.05, 3.63) is 24.3 Å². The summed E-state index contributed by atoms with van der Waals surface area (Å²) in [5, 5.41) is 17.8. The van der Waals surface area contributed by atoms with Crippen LogP contribution in [0.3, 0.4) is 0 Å². The Hall–Kier alpha value is -0.801. The maximum atomic E-state index is 8.89. The van der Waals surface area contributed by atoms with Crippen LogP contribution in [0.25, 0.3) is 0 Å². The van der Waals surface area contributed by atoms with E-state index in [1.165, 1.54) is 0 Å². The molecule has 0 aliphatic heterocycles. The molecule has 0 atom stereocenters. The Morgan fingerprint density at radius 3 is 1.12 bits per heavy atom. The van der Waals surface area contributed by atoms with Crippen molar-refractivity contribution in [3.8, 4) is 0 Å². The van der Waals surface area contributed by atoms with Gasteiger partial charge in [-0.25, -0.2) is 0 Å². The summed E-state index contributed by atoms with van der Waals surface area (Å²) in [7, 11) is 0. The molecule has 6 heteroatoms. The van der Waals surface area contributed by atoms with Gasteiger partial charge in [-0.3, -0.25) is 0 Å². The Bertz CT molecular complexity index is 281. The van der Waals surface area contributed by atoms with Crippen molar-refractivity contribution in [3.63, 3.8) is 0 Å². The summed E-state index contributed by atoms with van der Waals surface area (Å²) in [6.07, 6.45) is 0. The van der Waals surface area contributed by atoms with Crippen LogP contribution in [0.15, 0.2) is 24.3 Å². The Morgan fingerprint density at radius 1 is 0.875 bits per heavy atom. The fourth-order valence-corrected chi connectivity index (χ4v) is 0.718. The van der Waals surface area contributed by atoms with E-state index >= 15 is 0 Å². The van der Waals surface area contributed by atoms with Gasteiger partial charge in [-0.1, -0.05) is 0 Å². The zero-order valence-corrected chi connectivity index (χ0v) is 10.4. The van der Waals surface area contributed by atoms with Gasteiger partial charge in [0.1, 0.15) is 0 Å². The van der Waals surface area contributed by atoms with Crippen LogP contribution in [0.1, 0.15) is 13.8 Å². The topological polar surface area (TPSA) is 80.3 Å². The zero-order valence-electron chi connectivity index (χ0n) is 8.55. The number of carbonyl (C=O) groups is 2. The summed E-state index contributed by atoms with van der Waals surface area (Å²) >= 11 is 9.92. The van der Waals surface area contributed by atoms with Crippen LogP contribution < -0.4 is 19.1 Å². The number of carboxylic acids is 2. The second kappa shape index (κ2) is 10.7. The molecular formula is C10H10Cu2O4. The first-order valence-electron chi connectivity index (χ1n) is 3.94. The molecule has 0 bridgehead atoms. The number of hydrogen-bond acceptors (Lipinski definition) is 4. The van der Waals surface area contributed by atoms with E-state index in [2.05, 4.69) is 0 Å². The molecule has 0 aromatic heterocycles. The number of benzene rings is 1. The number of carbonyl (C=O) groups excluding carboxylic acids is 2. The quantitative estimate of drug-likeness (QED) is 0.497. The average molecular weight is 321 g/mol. The van der Waals surface area contributed by atoms with Crippen LogP contribution in [0.4, 0.5) is 0 Å². The van der Waals surface area contributed by atoms with E-state index in [-0.39, 0.29) is 0 Å². The van der Waals surface area contributed by atoms with Crippen molar-refractivity contribution in [1.82, 2.24) is 0 Å². The number of rotatable bonds is 0. The molecule has 1 aromatic rings. The second-order valence-corrected chi connectivity index (χ2v) is 3.42. The van der Waals surface area contributed by atoms with Gasteiger partial charge in [0.2, 0.25) is 0 Å². The third-order valence-corrected chi connectivity index (χ3v) is 1.38. The van der Waals surface area contributed by atoms with Gasteiger partial charge in [0.15, 0.2) is 0 Å². The van der Waals surface area contributed by atoms with Gasteiger partial charge in [0.25, 0.3) is 0 Å². The molecule has 0 saturated carbocycles. The van der Waals surface area contributed by atoms with Crippen LogP contribution in [0, 0.1) is 0 Å². The Morgan fingerprint density at radius 2 is 1.00 bits per heavy atom. The first-order valence-corrected chi connectivity index (χ1v) is 4.88. The zero-order chi connectivity index (χ0) is 13.1. The number of aliphatic carboxylic acids is 2. The van der Waals surface area contributed by atoms with Crippen LogP contribution in [-0.4, -0.2) is 11.9 Å². The van der Waals surface area contributed by atoms with E-state index < -0.39 is 11.9 Å². The van der Waals surface area contributed by atoms with E-state index in [1.807, 2.05) is 24.3 Å². The van der Waals surface area contributed by atoms with Gasteiger partial charge >= 0.3 is 65.2 Å². The molecule has 1 aromatic carbocycles. The van der Waals surface area contributed by atoms with E-state index in [9.17, 15) is 0 Å². The molecule has 0 aliphatic rings. The molecule has 0 aliphatic carbocycles. The average Bonchev–Trinajstić information content (AvgIpc) is 2.08. The Balaban J connectivity index is 0. The number of carboxylic acid groups (broad SMARTS) is 2. The van der Waals surface area contributed by atoms with Crippen LogP contribution in [-0.2, 0) is 41.6 Å². The van der Waals surface area contributed by atoms with Crippen LogP contribution >= 0.6 is 0 Å². The third kappa shape index (κ3) is 23.2. The minimum atomic E-state index is -1.08. The summed E-state index contributed by atoms with van der Waals surface area (Å²) in [6.45, 7) is 1.94. The first-order chi connectivity index (χ1) is 7.25. The molecule has 0 fully saturated rings. The summed E-state index contributed by atoms with van der Waals surface area (Å²) in [5.74, 6) is -2.17. The molecule has 0 saturated heterocycles. The van der Waals surface area contributed by atoms with E-state index in [0.717, 1.165) is 22.8 Å². The normalized spacial score (nSPS) is 7.88. The molecule has 0 N–H and O–H groups in total. The van der Waals surface area contributed by atoms with Crippen LogP contribution in [0.2, 0.25) is 0 Å². The molecule has 96 valence electrons. The maximum absolute atomic E-state index is 8.89. The SMILES string of the molecule is CC(=O)[O-].CC(=O)[O-].[Cu+][c]1cc[c]([Cu+])cc1. The van der Waals surface area contributed by atoms with E-state index in [4.69, 9.17) is 51.8 Å². The van der Waals surface area contributed by atoms with Crippen molar-refractivity contribution < 1.29 is 51.8 Å². The molecule has 16 heavy (non-hydrogen) atoms. The molecule has 4 nitrogen and oxygen atoms in total. The van der Waals surface area contributed by atoms with Gasteiger partial charge in [-0.15, -0.1) is 0 Å². The van der Waals surface area contributed by atoms with E-state index in [1.54, 1.807) is 0 Å². The van der Waals surface area contributed by atoms with Gasteiger partial charge in [-0.2, -0.15) is 0 Å². The van der Waals surface area contributed by atoms with Crippen molar-refractivity contribution in [1.29, 1.82) is 0 Å². The first kappa shape index (κ1) is 17.6. The predicted octanol–water partition coefficient (Wildman–Crippen LogP) is -2.46.